The fourth-order valence-corrected chi connectivity index (χ4v) is 9.92. The summed E-state index contributed by atoms with van der Waals surface area (Å²) in [5.41, 5.74) is 12.0. The Bertz CT molecular complexity index is 3320. The molecule has 0 saturated heterocycles. The molecule has 2 fully saturated rings. The molecule has 10 rings (SSSR count). The van der Waals surface area contributed by atoms with Gasteiger partial charge in [0.15, 0.2) is 0 Å². The third kappa shape index (κ3) is 12.8. The van der Waals surface area contributed by atoms with Gasteiger partial charge >= 0.3 is 12.1 Å². The van der Waals surface area contributed by atoms with Gasteiger partial charge in [0.05, 0.1) is 33.8 Å². The van der Waals surface area contributed by atoms with Crippen molar-refractivity contribution in [1.82, 2.24) is 35.6 Å². The number of para-hydroxylation sites is 1. The van der Waals surface area contributed by atoms with Gasteiger partial charge < -0.3 is 37.3 Å². The fourth-order valence-electron chi connectivity index (χ4n) is 9.54. The number of carbonyl (C=O) groups is 3. The summed E-state index contributed by atoms with van der Waals surface area (Å²) < 4.78 is 95.9. The van der Waals surface area contributed by atoms with Crippen molar-refractivity contribution in [1.29, 1.82) is 0 Å². The maximum Gasteiger partial charge on any atom is 0.471 e. The first-order valence-electron chi connectivity index (χ1n) is 23.8. The number of allylic oxidation sites excluding steroid dienone is 1. The highest BCUT2D eigenvalue weighted by molar-refractivity contribution is 6.33. The van der Waals surface area contributed by atoms with E-state index in [0.717, 1.165) is 51.7 Å². The largest absolute Gasteiger partial charge is 0.471 e. The molecule has 0 bridgehead atoms. The Balaban J connectivity index is 0.000000188. The normalized spacial score (nSPS) is 19.5. The minimum Gasteiger partial charge on any atom is -0.399 e. The first kappa shape index (κ1) is 53.1. The number of hydrogen-bond acceptors (Lipinski definition) is 10. The summed E-state index contributed by atoms with van der Waals surface area (Å²) in [6, 6.07) is 23.4. The Morgan fingerprint density at radius 2 is 1.16 bits per heavy atom. The van der Waals surface area contributed by atoms with Crippen molar-refractivity contribution < 1.29 is 45.1 Å². The number of rotatable bonds is 11. The quantitative estimate of drug-likeness (QED) is 0.0482. The number of alkyl halides is 7. The van der Waals surface area contributed by atoms with Crippen LogP contribution in [0, 0.1) is 0 Å². The lowest BCUT2D eigenvalue weighted by atomic mass is 9.87. The van der Waals surface area contributed by atoms with E-state index in [9.17, 15) is 45.1 Å². The van der Waals surface area contributed by atoms with E-state index in [1.807, 2.05) is 54.6 Å². The minimum atomic E-state index is -5.06. The Kier molecular flexibility index (Phi) is 15.2. The zero-order chi connectivity index (χ0) is 53.9. The lowest BCUT2D eigenvalue weighted by molar-refractivity contribution is -0.167. The second kappa shape index (κ2) is 21.8. The Morgan fingerprint density at radius 3 is 1.75 bits per heavy atom. The van der Waals surface area contributed by atoms with E-state index in [1.54, 1.807) is 35.8 Å². The molecule has 3 heterocycles. The maximum atomic E-state index is 14.7. The van der Waals surface area contributed by atoms with E-state index in [1.165, 1.54) is 24.5 Å². The van der Waals surface area contributed by atoms with Crippen molar-refractivity contribution >= 4 is 80.7 Å². The minimum absolute atomic E-state index is 0.0317. The molecule has 3 aromatic heterocycles. The number of nitrogens with two attached hydrogens (primary N) is 1. The van der Waals surface area contributed by atoms with Crippen LogP contribution in [0.15, 0.2) is 122 Å². The molecule has 0 radical (unpaired) electrons. The molecule has 4 atom stereocenters. The molecule has 3 aliphatic rings. The standard InChI is InChI=1S/C28H23ClF5N5O2.C25H23ClF2N6O/c29-22-14-35-26(39-23(22)21-10-7-15-3-1-2-4-20(15)21)38-19-11-18(12-27(30,31)13-19)36-24(40)16-5-8-17(9-6-16)37-25(41)28(32,33)34;26-20-13-31-24(34-22(20)19-12-30-21-4-2-1-3-18(19)21)33-17-9-16(10-25(27,28)11-17)32-23(35)14-5-7-15(29)8-6-14/h1-6,8-10,14,18-19H,7,11-13H2,(H,36,40)(H,37,41)(H,35,38,39);1-8,12-13,16-17,30H,9-11,29H2,(H,32,35)(H,31,33,34). The van der Waals surface area contributed by atoms with E-state index < -0.39 is 85.6 Å². The van der Waals surface area contributed by atoms with Crippen molar-refractivity contribution in [2.24, 2.45) is 0 Å². The van der Waals surface area contributed by atoms with Crippen molar-refractivity contribution in [3.05, 3.63) is 160 Å². The zero-order valence-corrected chi connectivity index (χ0v) is 41.3. The molecular weight excluding hydrogens is 1040 g/mol. The summed E-state index contributed by atoms with van der Waals surface area (Å²) in [5, 5.41) is 14.6. The third-order valence-electron chi connectivity index (χ3n) is 12.9. The van der Waals surface area contributed by atoms with Crippen LogP contribution in [0.1, 0.15) is 76.1 Å². The molecule has 394 valence electrons. The summed E-state index contributed by atoms with van der Waals surface area (Å²) in [7, 11) is 0. The van der Waals surface area contributed by atoms with Crippen LogP contribution in [0.5, 0.6) is 0 Å². The van der Waals surface area contributed by atoms with Crippen molar-refractivity contribution in [3.8, 4) is 11.3 Å². The predicted octanol–water partition coefficient (Wildman–Crippen LogP) is 11.3. The number of nitrogens with one attached hydrogen (secondary N) is 6. The van der Waals surface area contributed by atoms with Gasteiger partial charge in [-0.3, -0.25) is 14.4 Å². The maximum absolute atomic E-state index is 14.7. The number of H-pyrrole nitrogens is 1. The number of benzene rings is 4. The fraction of sp³-hybridized carbons (Fsp3) is 0.264. The Labute approximate surface area is 439 Å². The topological polar surface area (TPSA) is 205 Å². The van der Waals surface area contributed by atoms with Gasteiger partial charge in [0.1, 0.15) is 0 Å². The highest BCUT2D eigenvalue weighted by Crippen LogP contribution is 2.39. The molecular formula is C53H46Cl2F7N11O3. The van der Waals surface area contributed by atoms with Gasteiger partial charge in [-0.1, -0.05) is 71.7 Å². The molecule has 2 saturated carbocycles. The lowest BCUT2D eigenvalue weighted by Gasteiger charge is -2.35. The first-order valence-corrected chi connectivity index (χ1v) is 24.6. The summed E-state index contributed by atoms with van der Waals surface area (Å²) in [5.74, 6) is -8.99. The third-order valence-corrected chi connectivity index (χ3v) is 13.5. The van der Waals surface area contributed by atoms with Gasteiger partial charge in [0.2, 0.25) is 11.9 Å². The summed E-state index contributed by atoms with van der Waals surface area (Å²) >= 11 is 12.8. The molecule has 4 aromatic carbocycles. The molecule has 7 aromatic rings. The van der Waals surface area contributed by atoms with E-state index in [2.05, 4.69) is 46.2 Å². The second-order valence-corrected chi connectivity index (χ2v) is 19.5. The number of aromatic amines is 1. The highest BCUT2D eigenvalue weighted by atomic mass is 35.5. The number of carbonyl (C=O) groups excluding carboxylic acids is 3. The smallest absolute Gasteiger partial charge is 0.399 e. The van der Waals surface area contributed by atoms with E-state index in [0.29, 0.717) is 39.1 Å². The SMILES string of the molecule is Nc1ccc(C(=O)NC2CC(Nc3ncc(Cl)c(-c4c[nH]c5ccccc45)n3)CC(F)(F)C2)cc1.O=C(NC1CC(Nc2ncc(Cl)c(C3=CCc4ccccc43)n2)CC(F)(F)C1)c1ccc(NC(=O)C(F)(F)F)cc1. The molecule has 0 spiro atoms. The molecule has 14 nitrogen and oxygen atoms in total. The zero-order valence-electron chi connectivity index (χ0n) is 39.8. The number of nitrogen functional groups attached to an aromatic ring is 1. The molecule has 3 aliphatic carbocycles. The van der Waals surface area contributed by atoms with Gasteiger partial charge in [-0.05, 0) is 85.0 Å². The summed E-state index contributed by atoms with van der Waals surface area (Å²) in [6.07, 6.45) is 0.847. The number of amides is 3. The van der Waals surface area contributed by atoms with E-state index in [-0.39, 0.29) is 29.6 Å². The van der Waals surface area contributed by atoms with Crippen molar-refractivity contribution in [2.75, 3.05) is 21.7 Å². The second-order valence-electron chi connectivity index (χ2n) is 18.7. The Morgan fingerprint density at radius 1 is 0.645 bits per heavy atom. The van der Waals surface area contributed by atoms with Crippen LogP contribution in [-0.2, 0) is 11.2 Å². The summed E-state index contributed by atoms with van der Waals surface area (Å²) in [4.78, 5) is 57.0. The monoisotopic (exact) mass is 1090 g/mol. The van der Waals surface area contributed by atoms with Crippen LogP contribution in [-0.4, -0.2) is 84.8 Å². The van der Waals surface area contributed by atoms with Crippen LogP contribution in [0.2, 0.25) is 10.0 Å². The highest BCUT2D eigenvalue weighted by Gasteiger charge is 2.44. The van der Waals surface area contributed by atoms with Gasteiger partial charge in [0.25, 0.3) is 23.7 Å². The van der Waals surface area contributed by atoms with Crippen LogP contribution >= 0.6 is 23.2 Å². The van der Waals surface area contributed by atoms with Crippen molar-refractivity contribution in [3.63, 3.8) is 0 Å². The first-order chi connectivity index (χ1) is 36.1. The lowest BCUT2D eigenvalue weighted by Crippen LogP contribution is -2.48. The van der Waals surface area contributed by atoms with E-state index in [4.69, 9.17) is 28.9 Å². The van der Waals surface area contributed by atoms with Crippen LogP contribution < -0.4 is 32.3 Å². The van der Waals surface area contributed by atoms with Gasteiger partial charge in [-0.15, -0.1) is 0 Å². The van der Waals surface area contributed by atoms with Gasteiger partial charge in [-0.25, -0.2) is 37.5 Å². The van der Waals surface area contributed by atoms with Crippen LogP contribution in [0.4, 0.5) is 54.0 Å². The van der Waals surface area contributed by atoms with Crippen molar-refractivity contribution in [2.45, 2.75) is 87.1 Å². The number of anilines is 4. The number of nitrogens with zero attached hydrogens (tertiary/aromatic N) is 4. The molecule has 4 unspecified atom stereocenters. The molecule has 23 heteroatoms. The summed E-state index contributed by atoms with van der Waals surface area (Å²) in [6.45, 7) is 0. The predicted molar refractivity (Wildman–Crippen MR) is 276 cm³/mol. The average Bonchev–Trinajstić information content (AvgIpc) is 4.01. The Hall–Kier alpha value is -7.78. The number of aromatic nitrogens is 5. The molecule has 3 amide bonds. The van der Waals surface area contributed by atoms with E-state index >= 15 is 0 Å². The molecule has 8 N–H and O–H groups in total. The number of hydrogen-bond donors (Lipinski definition) is 7. The van der Waals surface area contributed by atoms with Crippen LogP contribution in [0.25, 0.3) is 27.7 Å². The average molecular weight is 1090 g/mol. The number of halogens is 9. The molecule has 0 aliphatic heterocycles. The number of fused-ring (bicyclic) bond motifs is 2. The van der Waals surface area contributed by atoms with Crippen LogP contribution in [0.3, 0.4) is 0 Å². The van der Waals surface area contributed by atoms with Gasteiger partial charge in [0, 0.05) is 101 Å². The molecule has 76 heavy (non-hydrogen) atoms. The van der Waals surface area contributed by atoms with Gasteiger partial charge in [-0.2, -0.15) is 13.2 Å².